The average Bonchev–Trinajstić information content (AvgIpc) is 2.65. The molecule has 2 atom stereocenters. The van der Waals surface area contributed by atoms with Crippen molar-refractivity contribution in [1.29, 1.82) is 0 Å². The molecule has 1 aromatic carbocycles. The molecule has 0 radical (unpaired) electrons. The van der Waals surface area contributed by atoms with E-state index in [4.69, 9.17) is 4.74 Å². The van der Waals surface area contributed by atoms with Gasteiger partial charge in [-0.05, 0) is 24.0 Å². The van der Waals surface area contributed by atoms with E-state index in [9.17, 15) is 19.5 Å². The first-order valence-electron chi connectivity index (χ1n) is 7.89. The largest absolute Gasteiger partial charge is 0.484 e. The Kier molecular flexibility index (Phi) is 5.77. The number of benzene rings is 1. The molecule has 1 fully saturated rings. The molecule has 2 amide bonds. The lowest BCUT2D eigenvalue weighted by atomic mass is 10.0. The van der Waals surface area contributed by atoms with Crippen LogP contribution in [0.1, 0.15) is 0 Å². The van der Waals surface area contributed by atoms with Crippen LogP contribution in [0.2, 0.25) is 0 Å². The van der Waals surface area contributed by atoms with Crippen molar-refractivity contribution >= 4 is 41.3 Å². The highest BCUT2D eigenvalue weighted by Crippen LogP contribution is 2.40. The zero-order valence-corrected chi connectivity index (χ0v) is 15.6. The maximum Gasteiger partial charge on any atom is 0.352 e. The van der Waals surface area contributed by atoms with E-state index in [0.29, 0.717) is 17.3 Å². The van der Waals surface area contributed by atoms with Gasteiger partial charge in [0, 0.05) is 11.5 Å². The fourth-order valence-corrected chi connectivity index (χ4v) is 4.91. The normalized spacial score (nSPS) is 21.7. The number of carboxylic acids is 1. The van der Waals surface area contributed by atoms with Crippen molar-refractivity contribution < 1.29 is 24.2 Å². The lowest BCUT2D eigenvalue weighted by Gasteiger charge is -2.49. The van der Waals surface area contributed by atoms with Crippen LogP contribution in [0.5, 0.6) is 5.75 Å². The summed E-state index contributed by atoms with van der Waals surface area (Å²) in [5, 5.41) is 11.7. The van der Waals surface area contributed by atoms with Crippen LogP contribution in [-0.4, -0.2) is 63.6 Å². The summed E-state index contributed by atoms with van der Waals surface area (Å²) in [6, 6.07) is 8.18. The number of hydrogen-bond acceptors (Lipinski definition) is 6. The molecule has 9 heteroatoms. The van der Waals surface area contributed by atoms with E-state index in [1.165, 1.54) is 28.4 Å². The molecule has 0 saturated carbocycles. The lowest BCUT2D eigenvalue weighted by molar-refractivity contribution is -0.150. The molecule has 1 saturated heterocycles. The molecule has 138 valence electrons. The highest BCUT2D eigenvalue weighted by Gasteiger charge is 2.54. The highest BCUT2D eigenvalue weighted by atomic mass is 32.2. The monoisotopic (exact) mass is 394 g/mol. The summed E-state index contributed by atoms with van der Waals surface area (Å²) in [6.45, 7) is -0.204. The van der Waals surface area contributed by atoms with Gasteiger partial charge >= 0.3 is 5.97 Å². The Morgan fingerprint density at radius 3 is 2.77 bits per heavy atom. The summed E-state index contributed by atoms with van der Waals surface area (Å²) in [5.74, 6) is -0.259. The van der Waals surface area contributed by atoms with Crippen molar-refractivity contribution in [2.24, 2.45) is 0 Å². The second kappa shape index (κ2) is 8.05. The number of thioether (sulfide) groups is 2. The third kappa shape index (κ3) is 3.68. The van der Waals surface area contributed by atoms with Gasteiger partial charge in [0.15, 0.2) is 6.61 Å². The first-order valence-corrected chi connectivity index (χ1v) is 10.3. The van der Waals surface area contributed by atoms with Gasteiger partial charge in [0.25, 0.3) is 11.8 Å². The first kappa shape index (κ1) is 18.7. The number of nitrogens with one attached hydrogen (secondary N) is 1. The van der Waals surface area contributed by atoms with Crippen molar-refractivity contribution in [2.45, 2.75) is 11.4 Å². The minimum atomic E-state index is -1.11. The standard InChI is InChI=1S/C17H18N2O5S2/c1-25-8-10-9-26-16-13(15(21)19(16)14(10)17(22)23)18-12(20)7-24-11-5-3-2-4-6-11/h2-6,13,16H,7-9H2,1H3,(H,18,20)(H,22,23)/t13?,16-/m0/s1. The molecule has 2 heterocycles. The van der Waals surface area contributed by atoms with E-state index in [-0.39, 0.29) is 17.7 Å². The second-order valence-electron chi connectivity index (χ2n) is 5.75. The van der Waals surface area contributed by atoms with Crippen LogP contribution in [0.25, 0.3) is 0 Å². The molecular formula is C17H18N2O5S2. The van der Waals surface area contributed by atoms with Crippen LogP contribution in [0.3, 0.4) is 0 Å². The maximum absolute atomic E-state index is 12.4. The van der Waals surface area contributed by atoms with Gasteiger partial charge in [-0.2, -0.15) is 11.8 Å². The first-order chi connectivity index (χ1) is 12.5. The predicted molar refractivity (Wildman–Crippen MR) is 100 cm³/mol. The van der Waals surface area contributed by atoms with Gasteiger partial charge in [-0.1, -0.05) is 18.2 Å². The maximum atomic E-state index is 12.4. The Morgan fingerprint density at radius 2 is 2.12 bits per heavy atom. The summed E-state index contributed by atoms with van der Waals surface area (Å²) in [6.07, 6.45) is 1.89. The number of aliphatic carboxylic acids is 1. The Labute approximate surface area is 159 Å². The van der Waals surface area contributed by atoms with Crippen molar-refractivity contribution in [2.75, 3.05) is 24.4 Å². The Balaban J connectivity index is 1.61. The number of ether oxygens (including phenoxy) is 1. The summed E-state index contributed by atoms with van der Waals surface area (Å²) in [5.41, 5.74) is 0.788. The molecule has 0 aliphatic carbocycles. The second-order valence-corrected chi connectivity index (χ2v) is 7.72. The number of fused-ring (bicyclic) bond motifs is 1. The fraction of sp³-hybridized carbons (Fsp3) is 0.353. The predicted octanol–water partition coefficient (Wildman–Crippen LogP) is 1.17. The van der Waals surface area contributed by atoms with E-state index in [1.807, 2.05) is 12.3 Å². The Morgan fingerprint density at radius 1 is 1.38 bits per heavy atom. The molecule has 2 aliphatic rings. The zero-order valence-electron chi connectivity index (χ0n) is 14.0. The number of para-hydroxylation sites is 1. The third-order valence-corrected chi connectivity index (χ3v) is 5.97. The van der Waals surface area contributed by atoms with E-state index in [2.05, 4.69) is 5.32 Å². The molecule has 2 aliphatic heterocycles. The van der Waals surface area contributed by atoms with Gasteiger partial charge in [0.2, 0.25) is 0 Å². The zero-order chi connectivity index (χ0) is 18.7. The summed E-state index contributed by atoms with van der Waals surface area (Å²) < 4.78 is 5.37. The minimum absolute atomic E-state index is 0.0548. The molecule has 26 heavy (non-hydrogen) atoms. The third-order valence-electron chi connectivity index (χ3n) is 4.00. The topological polar surface area (TPSA) is 95.9 Å². The van der Waals surface area contributed by atoms with Gasteiger partial charge in [-0.3, -0.25) is 14.5 Å². The molecular weight excluding hydrogens is 376 g/mol. The number of amides is 2. The van der Waals surface area contributed by atoms with Crippen molar-refractivity contribution in [3.8, 4) is 5.75 Å². The molecule has 0 bridgehead atoms. The number of carboxylic acid groups (broad SMARTS) is 1. The number of carbonyl (C=O) groups is 3. The Hall–Kier alpha value is -2.13. The van der Waals surface area contributed by atoms with Crippen molar-refractivity contribution in [3.63, 3.8) is 0 Å². The number of nitrogens with zero attached hydrogens (tertiary/aromatic N) is 1. The molecule has 1 aromatic rings. The van der Waals surface area contributed by atoms with Crippen molar-refractivity contribution in [1.82, 2.24) is 10.2 Å². The minimum Gasteiger partial charge on any atom is -0.484 e. The summed E-state index contributed by atoms with van der Waals surface area (Å²) in [7, 11) is 0. The van der Waals surface area contributed by atoms with Gasteiger partial charge in [0.1, 0.15) is 22.9 Å². The van der Waals surface area contributed by atoms with E-state index in [0.717, 1.165) is 5.57 Å². The fourth-order valence-electron chi connectivity index (χ4n) is 2.85. The highest BCUT2D eigenvalue weighted by molar-refractivity contribution is 8.00. The smallest absolute Gasteiger partial charge is 0.352 e. The van der Waals surface area contributed by atoms with E-state index in [1.54, 1.807) is 24.3 Å². The lowest BCUT2D eigenvalue weighted by Crippen LogP contribution is -2.70. The van der Waals surface area contributed by atoms with Gasteiger partial charge < -0.3 is 15.2 Å². The van der Waals surface area contributed by atoms with Crippen LogP contribution >= 0.6 is 23.5 Å². The molecule has 0 aromatic heterocycles. The number of β-lactam (4-membered cyclic amide) rings is 1. The van der Waals surface area contributed by atoms with E-state index < -0.39 is 23.8 Å². The van der Waals surface area contributed by atoms with Gasteiger partial charge in [-0.25, -0.2) is 4.79 Å². The molecule has 7 nitrogen and oxygen atoms in total. The van der Waals surface area contributed by atoms with Gasteiger partial charge in [0.05, 0.1) is 0 Å². The number of rotatable bonds is 7. The van der Waals surface area contributed by atoms with Crippen LogP contribution in [0.15, 0.2) is 41.6 Å². The SMILES string of the molecule is CSCC1=C(C(=O)O)N2C(=O)C(NC(=O)COc3ccccc3)[C@@H]2SC1. The van der Waals surface area contributed by atoms with Crippen LogP contribution in [0.4, 0.5) is 0 Å². The summed E-state index contributed by atoms with van der Waals surface area (Å²) in [4.78, 5) is 37.4. The molecule has 3 rings (SSSR count). The van der Waals surface area contributed by atoms with Gasteiger partial charge in [-0.15, -0.1) is 11.8 Å². The quantitative estimate of drug-likeness (QED) is 0.670. The molecule has 1 unspecified atom stereocenters. The van der Waals surface area contributed by atoms with Crippen LogP contribution in [-0.2, 0) is 14.4 Å². The molecule has 0 spiro atoms. The van der Waals surface area contributed by atoms with E-state index >= 15 is 0 Å². The number of hydrogen-bond donors (Lipinski definition) is 2. The molecule has 2 N–H and O–H groups in total. The van der Waals surface area contributed by atoms with Crippen LogP contribution < -0.4 is 10.1 Å². The van der Waals surface area contributed by atoms with Crippen molar-refractivity contribution in [3.05, 3.63) is 41.6 Å². The van der Waals surface area contributed by atoms with Crippen LogP contribution in [0, 0.1) is 0 Å². The summed E-state index contributed by atoms with van der Waals surface area (Å²) >= 11 is 2.98. The Bertz CT molecular complexity index is 753. The number of carbonyl (C=O) groups excluding carboxylic acids is 2. The average molecular weight is 394 g/mol.